The van der Waals surface area contributed by atoms with Gasteiger partial charge in [-0.1, -0.05) is 13.8 Å². The molecule has 4 aliphatic rings. The Morgan fingerprint density at radius 2 is 1.79 bits per heavy atom. The Balaban J connectivity index is 1.53. The summed E-state index contributed by atoms with van der Waals surface area (Å²) in [5.74, 6) is 0.191. The highest BCUT2D eigenvalue weighted by Gasteiger charge is 2.63. The maximum absolute atomic E-state index is 13.0. The van der Waals surface area contributed by atoms with Crippen LogP contribution < -0.4 is 0 Å². The average Bonchev–Trinajstić information content (AvgIpc) is 2.85. The summed E-state index contributed by atoms with van der Waals surface area (Å²) in [5, 5.41) is 0. The lowest BCUT2D eigenvalue weighted by Crippen LogP contribution is -2.54. The molecule has 29 heavy (non-hydrogen) atoms. The van der Waals surface area contributed by atoms with Gasteiger partial charge in [0.05, 0.1) is 6.42 Å². The van der Waals surface area contributed by atoms with E-state index in [0.717, 1.165) is 44.9 Å². The predicted molar refractivity (Wildman–Crippen MR) is 102 cm³/mol. The van der Waals surface area contributed by atoms with E-state index in [-0.39, 0.29) is 29.2 Å². The van der Waals surface area contributed by atoms with E-state index in [0.29, 0.717) is 24.2 Å². The molecule has 0 heterocycles. The molecule has 0 aliphatic heterocycles. The summed E-state index contributed by atoms with van der Waals surface area (Å²) in [6, 6.07) is 0. The van der Waals surface area contributed by atoms with Crippen LogP contribution >= 0.6 is 0 Å². The van der Waals surface area contributed by atoms with E-state index in [1.165, 1.54) is 6.92 Å². The fourth-order valence-corrected chi connectivity index (χ4v) is 7.96. The number of alkyl halides is 3. The number of carbonyl (C=O) groups excluding carboxylic acids is 2. The van der Waals surface area contributed by atoms with Gasteiger partial charge in [0.2, 0.25) is 0 Å². The lowest BCUT2D eigenvalue weighted by atomic mass is 9.45. The molecule has 0 saturated heterocycles. The zero-order valence-corrected chi connectivity index (χ0v) is 17.7. The van der Waals surface area contributed by atoms with Crippen molar-refractivity contribution in [1.82, 2.24) is 0 Å². The van der Waals surface area contributed by atoms with Crippen molar-refractivity contribution in [2.24, 2.45) is 40.4 Å². The highest BCUT2D eigenvalue weighted by molar-refractivity contribution is 5.89. The molecular formula is C23H33F3O3. The molecule has 4 aliphatic carbocycles. The number of rotatable bonds is 2. The third kappa shape index (κ3) is 3.52. The first-order chi connectivity index (χ1) is 13.4. The van der Waals surface area contributed by atoms with Crippen LogP contribution in [0.3, 0.4) is 0 Å². The van der Waals surface area contributed by atoms with Crippen molar-refractivity contribution in [2.75, 3.05) is 0 Å². The molecule has 0 spiro atoms. The third-order valence-corrected chi connectivity index (χ3v) is 9.29. The van der Waals surface area contributed by atoms with Gasteiger partial charge >= 0.3 is 12.1 Å². The Bertz CT molecular complexity index is 689. The van der Waals surface area contributed by atoms with Crippen molar-refractivity contribution in [3.63, 3.8) is 0 Å². The van der Waals surface area contributed by atoms with Crippen LogP contribution in [0.5, 0.6) is 0 Å². The normalized spacial score (nSPS) is 47.2. The second kappa shape index (κ2) is 6.98. The van der Waals surface area contributed by atoms with Gasteiger partial charge in [-0.05, 0) is 80.5 Å². The van der Waals surface area contributed by atoms with E-state index >= 15 is 0 Å². The van der Waals surface area contributed by atoms with Crippen LogP contribution in [-0.2, 0) is 14.3 Å². The van der Waals surface area contributed by atoms with Crippen LogP contribution in [0.2, 0.25) is 0 Å². The number of ketones is 1. The molecule has 164 valence electrons. The van der Waals surface area contributed by atoms with E-state index in [2.05, 4.69) is 6.92 Å². The van der Waals surface area contributed by atoms with Gasteiger partial charge in [-0.15, -0.1) is 0 Å². The molecule has 6 heteroatoms. The molecule has 0 unspecified atom stereocenters. The molecule has 3 nitrogen and oxygen atoms in total. The van der Waals surface area contributed by atoms with E-state index in [9.17, 15) is 22.8 Å². The van der Waals surface area contributed by atoms with Crippen LogP contribution in [0, 0.1) is 40.4 Å². The summed E-state index contributed by atoms with van der Waals surface area (Å²) < 4.78 is 44.6. The number of hydrogen-bond donors (Lipinski definition) is 0. The molecule has 4 rings (SSSR count). The summed E-state index contributed by atoms with van der Waals surface area (Å²) in [6.45, 7) is 5.75. The second-order valence-corrected chi connectivity index (χ2v) is 10.7. The zero-order valence-electron chi connectivity index (χ0n) is 17.7. The molecule has 0 aromatic rings. The molecule has 4 fully saturated rings. The number of Topliss-reactive ketones (excluding diaryl/α,β-unsaturated/α-hetero) is 1. The summed E-state index contributed by atoms with van der Waals surface area (Å²) in [4.78, 5) is 24.3. The van der Waals surface area contributed by atoms with Crippen molar-refractivity contribution < 1.29 is 27.5 Å². The first-order valence-corrected chi connectivity index (χ1v) is 11.2. The maximum atomic E-state index is 13.0. The number of ether oxygens (including phenoxy) is 1. The Morgan fingerprint density at radius 1 is 1.07 bits per heavy atom. The minimum atomic E-state index is -4.28. The topological polar surface area (TPSA) is 43.4 Å². The summed E-state index contributed by atoms with van der Waals surface area (Å²) >= 11 is 0. The van der Waals surface area contributed by atoms with Crippen molar-refractivity contribution in [3.05, 3.63) is 0 Å². The van der Waals surface area contributed by atoms with Crippen LogP contribution in [0.25, 0.3) is 0 Å². The van der Waals surface area contributed by atoms with Gasteiger partial charge in [0.25, 0.3) is 0 Å². The number of hydrogen-bond acceptors (Lipinski definition) is 3. The monoisotopic (exact) mass is 414 g/mol. The van der Waals surface area contributed by atoms with Gasteiger partial charge < -0.3 is 4.74 Å². The van der Waals surface area contributed by atoms with Gasteiger partial charge in [-0.3, -0.25) is 9.59 Å². The Labute approximate surface area is 171 Å². The lowest BCUT2D eigenvalue weighted by molar-refractivity contribution is -0.160. The van der Waals surface area contributed by atoms with Gasteiger partial charge in [-0.2, -0.15) is 13.2 Å². The summed E-state index contributed by atoms with van der Waals surface area (Å²) in [7, 11) is 0. The Hall–Kier alpha value is -1.07. The van der Waals surface area contributed by atoms with E-state index in [4.69, 9.17) is 4.74 Å². The van der Waals surface area contributed by atoms with E-state index in [1.54, 1.807) is 0 Å². The average molecular weight is 415 g/mol. The number of esters is 1. The number of carbonyl (C=O) groups is 2. The molecule has 0 aromatic carbocycles. The van der Waals surface area contributed by atoms with Gasteiger partial charge in [0.1, 0.15) is 11.9 Å². The minimum Gasteiger partial charge on any atom is -0.463 e. The first kappa shape index (κ1) is 21.2. The van der Waals surface area contributed by atoms with Crippen LogP contribution in [0.1, 0.15) is 78.6 Å². The third-order valence-electron chi connectivity index (χ3n) is 9.29. The van der Waals surface area contributed by atoms with Crippen molar-refractivity contribution in [3.8, 4) is 0 Å². The number of fused-ring (bicyclic) bond motifs is 5. The molecule has 0 bridgehead atoms. The molecular weight excluding hydrogens is 381 g/mol. The minimum absolute atomic E-state index is 0.000191. The maximum Gasteiger partial charge on any atom is 0.389 e. The van der Waals surface area contributed by atoms with Crippen LogP contribution in [0.4, 0.5) is 13.2 Å². The van der Waals surface area contributed by atoms with Crippen molar-refractivity contribution in [2.45, 2.75) is 90.8 Å². The van der Waals surface area contributed by atoms with E-state index < -0.39 is 23.9 Å². The van der Waals surface area contributed by atoms with Gasteiger partial charge in [-0.25, -0.2) is 0 Å². The molecule has 0 N–H and O–H groups in total. The largest absolute Gasteiger partial charge is 0.463 e. The first-order valence-electron chi connectivity index (χ1n) is 11.2. The molecule has 0 radical (unpaired) electrons. The number of halogens is 3. The predicted octanol–water partition coefficient (Wildman–Crippen LogP) is 5.71. The highest BCUT2D eigenvalue weighted by Crippen LogP contribution is 2.66. The quantitative estimate of drug-likeness (QED) is 0.544. The summed E-state index contributed by atoms with van der Waals surface area (Å²) in [5.41, 5.74) is -0.429. The zero-order chi connectivity index (χ0) is 21.2. The molecule has 4 saturated carbocycles. The van der Waals surface area contributed by atoms with Crippen LogP contribution in [0.15, 0.2) is 0 Å². The van der Waals surface area contributed by atoms with Crippen molar-refractivity contribution in [1.29, 1.82) is 0 Å². The van der Waals surface area contributed by atoms with Crippen molar-refractivity contribution >= 4 is 11.8 Å². The van der Waals surface area contributed by atoms with Gasteiger partial charge in [0, 0.05) is 18.3 Å². The molecule has 0 aromatic heterocycles. The fraction of sp³-hybridized carbons (Fsp3) is 0.913. The lowest BCUT2D eigenvalue weighted by Gasteiger charge is -2.60. The Kier molecular flexibility index (Phi) is 5.10. The van der Waals surface area contributed by atoms with E-state index in [1.807, 2.05) is 6.92 Å². The summed E-state index contributed by atoms with van der Waals surface area (Å²) in [6.07, 6.45) is 1.62. The second-order valence-electron chi connectivity index (χ2n) is 10.7. The SMILES string of the molecule is CC(=O)O[C@@H]1CC[C@@]2(C)[C@@H](CC[C@@H]3[C@@H]2CC[C@]2(C)C(=O)[C@@H](CC(F)(F)F)C[C@@H]32)C1. The standard InChI is InChI=1S/C23H33F3O3/c1-13(27)29-16-6-8-21(2)15(11-16)4-5-17-18(21)7-9-22(3)19(17)10-14(20(22)28)12-23(24,25)26/h14-19H,4-12H2,1-3H3/t14-,15+,16-,17-,18+,19+,21+,22+/m1/s1. The Morgan fingerprint density at radius 3 is 2.45 bits per heavy atom. The molecule has 8 atom stereocenters. The fourth-order valence-electron chi connectivity index (χ4n) is 7.96. The smallest absolute Gasteiger partial charge is 0.389 e. The molecule has 0 amide bonds. The van der Waals surface area contributed by atoms with Crippen LogP contribution in [-0.4, -0.2) is 24.0 Å². The van der Waals surface area contributed by atoms with Gasteiger partial charge in [0.15, 0.2) is 0 Å². The highest BCUT2D eigenvalue weighted by atomic mass is 19.4.